The highest BCUT2D eigenvalue weighted by atomic mass is 19.4. The highest BCUT2D eigenvalue weighted by Crippen LogP contribution is 2.29. The Morgan fingerprint density at radius 3 is 1.97 bits per heavy atom. The Labute approximate surface area is 187 Å². The van der Waals surface area contributed by atoms with Gasteiger partial charge in [-0.2, -0.15) is 13.2 Å². The number of benzene rings is 2. The zero-order valence-corrected chi connectivity index (χ0v) is 17.5. The van der Waals surface area contributed by atoms with Crippen molar-refractivity contribution in [2.75, 3.05) is 32.7 Å². The van der Waals surface area contributed by atoms with Gasteiger partial charge in [0.2, 0.25) is 5.91 Å². The van der Waals surface area contributed by atoms with E-state index in [1.807, 2.05) is 0 Å². The molecule has 1 saturated heterocycles. The zero-order valence-electron chi connectivity index (χ0n) is 17.5. The predicted octanol–water partition coefficient (Wildman–Crippen LogP) is 2.63. The Morgan fingerprint density at radius 2 is 1.39 bits per heavy atom. The summed E-state index contributed by atoms with van der Waals surface area (Å²) in [7, 11) is 0. The van der Waals surface area contributed by atoms with Crippen molar-refractivity contribution in [1.29, 1.82) is 0 Å². The summed E-state index contributed by atoms with van der Waals surface area (Å²) in [5, 5.41) is 5.01. The van der Waals surface area contributed by atoms with Crippen molar-refractivity contribution in [3.05, 3.63) is 71.0 Å². The van der Waals surface area contributed by atoms with Crippen LogP contribution in [0.2, 0.25) is 0 Å². The number of urea groups is 1. The fraction of sp³-hybridized carbons (Fsp3) is 0.318. The summed E-state index contributed by atoms with van der Waals surface area (Å²) in [5.74, 6) is -1.11. The minimum atomic E-state index is -4.47. The maximum Gasteiger partial charge on any atom is 0.416 e. The standard InChI is InChI=1S/C22H22F4N4O3/c23-18-7-1-15(2-8-18)13-27-21(33)28-14-19(31)29-9-11-30(12-10-29)20(32)16-3-5-17(6-4-16)22(24,25)26/h1-8H,9-14H2,(H2,27,28,33). The van der Waals surface area contributed by atoms with Crippen LogP contribution in [0.5, 0.6) is 0 Å². The number of amides is 4. The largest absolute Gasteiger partial charge is 0.416 e. The lowest BCUT2D eigenvalue weighted by atomic mass is 10.1. The number of carbonyl (C=O) groups is 3. The van der Waals surface area contributed by atoms with Crippen LogP contribution in [0.25, 0.3) is 0 Å². The second-order valence-corrected chi connectivity index (χ2v) is 7.41. The third-order valence-corrected chi connectivity index (χ3v) is 5.15. The summed E-state index contributed by atoms with van der Waals surface area (Å²) in [6.07, 6.45) is -4.47. The molecule has 0 bridgehead atoms. The summed E-state index contributed by atoms with van der Waals surface area (Å²) in [4.78, 5) is 39.7. The maximum absolute atomic E-state index is 12.9. The van der Waals surface area contributed by atoms with E-state index in [9.17, 15) is 31.9 Å². The molecule has 33 heavy (non-hydrogen) atoms. The van der Waals surface area contributed by atoms with Gasteiger partial charge in [0.05, 0.1) is 12.1 Å². The molecule has 7 nitrogen and oxygen atoms in total. The number of alkyl halides is 3. The number of hydrogen-bond acceptors (Lipinski definition) is 3. The summed E-state index contributed by atoms with van der Waals surface area (Å²) in [5.41, 5.74) is 0.0117. The van der Waals surface area contributed by atoms with E-state index in [0.717, 1.165) is 24.3 Å². The van der Waals surface area contributed by atoms with Gasteiger partial charge < -0.3 is 20.4 Å². The molecule has 0 aromatic heterocycles. The fourth-order valence-electron chi connectivity index (χ4n) is 3.26. The third-order valence-electron chi connectivity index (χ3n) is 5.15. The third kappa shape index (κ3) is 6.67. The summed E-state index contributed by atoms with van der Waals surface area (Å²) in [6.45, 7) is 0.867. The van der Waals surface area contributed by atoms with Crippen LogP contribution in [0.15, 0.2) is 48.5 Å². The molecule has 2 N–H and O–H groups in total. The molecular formula is C22H22F4N4O3. The first-order chi connectivity index (χ1) is 15.6. The second-order valence-electron chi connectivity index (χ2n) is 7.41. The van der Waals surface area contributed by atoms with E-state index in [2.05, 4.69) is 10.6 Å². The van der Waals surface area contributed by atoms with Crippen LogP contribution in [0.3, 0.4) is 0 Å². The first-order valence-electron chi connectivity index (χ1n) is 10.1. The molecule has 0 saturated carbocycles. The Kier molecular flexibility index (Phi) is 7.52. The van der Waals surface area contributed by atoms with Gasteiger partial charge in [-0.3, -0.25) is 9.59 Å². The van der Waals surface area contributed by atoms with E-state index in [1.165, 1.54) is 34.1 Å². The van der Waals surface area contributed by atoms with Crippen molar-refractivity contribution in [1.82, 2.24) is 20.4 Å². The Morgan fingerprint density at radius 1 is 0.818 bits per heavy atom. The van der Waals surface area contributed by atoms with E-state index in [1.54, 1.807) is 0 Å². The summed E-state index contributed by atoms with van der Waals surface area (Å²) >= 11 is 0. The van der Waals surface area contributed by atoms with Gasteiger partial charge >= 0.3 is 12.2 Å². The first-order valence-corrected chi connectivity index (χ1v) is 10.1. The number of hydrogen-bond donors (Lipinski definition) is 2. The van der Waals surface area contributed by atoms with Crippen molar-refractivity contribution >= 4 is 17.8 Å². The summed E-state index contributed by atoms with van der Waals surface area (Å²) in [6, 6.07) is 9.07. The average molecular weight is 466 g/mol. The van der Waals surface area contributed by atoms with Gasteiger partial charge in [0.25, 0.3) is 5.91 Å². The first kappa shape index (κ1) is 24.0. The molecule has 2 aromatic rings. The van der Waals surface area contributed by atoms with Crippen molar-refractivity contribution < 1.29 is 31.9 Å². The molecule has 2 aromatic carbocycles. The van der Waals surface area contributed by atoms with Crippen molar-refractivity contribution in [2.24, 2.45) is 0 Å². The molecule has 4 amide bonds. The van der Waals surface area contributed by atoms with Crippen molar-refractivity contribution in [3.8, 4) is 0 Å². The van der Waals surface area contributed by atoms with Crippen molar-refractivity contribution in [3.63, 3.8) is 0 Å². The van der Waals surface area contributed by atoms with E-state index in [0.29, 0.717) is 5.56 Å². The van der Waals surface area contributed by atoms with E-state index in [4.69, 9.17) is 0 Å². The Balaban J connectivity index is 1.40. The number of piperazine rings is 1. The number of nitrogens with one attached hydrogen (secondary N) is 2. The average Bonchev–Trinajstić information content (AvgIpc) is 2.81. The smallest absolute Gasteiger partial charge is 0.338 e. The summed E-state index contributed by atoms with van der Waals surface area (Å²) < 4.78 is 50.9. The van der Waals surface area contributed by atoms with Crippen molar-refractivity contribution in [2.45, 2.75) is 12.7 Å². The van der Waals surface area contributed by atoms with Gasteiger partial charge in [0.15, 0.2) is 0 Å². The van der Waals surface area contributed by atoms with E-state index >= 15 is 0 Å². The van der Waals surface area contributed by atoms with Gasteiger partial charge in [-0.1, -0.05) is 12.1 Å². The molecule has 1 aliphatic rings. The SMILES string of the molecule is O=C(NCC(=O)N1CCN(C(=O)c2ccc(C(F)(F)F)cc2)CC1)NCc1ccc(F)cc1. The molecule has 1 fully saturated rings. The monoisotopic (exact) mass is 466 g/mol. The number of carbonyl (C=O) groups excluding carboxylic acids is 3. The predicted molar refractivity (Wildman–Crippen MR) is 111 cm³/mol. The molecule has 0 radical (unpaired) electrons. The Hall–Kier alpha value is -3.63. The van der Waals surface area contributed by atoms with Crippen LogP contribution in [0.1, 0.15) is 21.5 Å². The lowest BCUT2D eigenvalue weighted by Crippen LogP contribution is -2.53. The molecule has 1 aliphatic heterocycles. The van der Waals surface area contributed by atoms with Gasteiger partial charge in [-0.05, 0) is 42.0 Å². The van der Waals surface area contributed by atoms with Gasteiger partial charge in [-0.15, -0.1) is 0 Å². The fourth-order valence-corrected chi connectivity index (χ4v) is 3.26. The van der Waals surface area contributed by atoms with Gasteiger partial charge in [0, 0.05) is 38.3 Å². The zero-order chi connectivity index (χ0) is 24.0. The molecule has 3 rings (SSSR count). The van der Waals surface area contributed by atoms with E-state index < -0.39 is 23.7 Å². The van der Waals surface area contributed by atoms with Crippen LogP contribution >= 0.6 is 0 Å². The van der Waals surface area contributed by atoms with Crippen LogP contribution in [0, 0.1) is 5.82 Å². The maximum atomic E-state index is 12.9. The van der Waals surface area contributed by atoms with Crippen LogP contribution in [-0.2, 0) is 17.5 Å². The topological polar surface area (TPSA) is 81.8 Å². The minimum Gasteiger partial charge on any atom is -0.338 e. The molecule has 11 heteroatoms. The number of nitrogens with zero attached hydrogens (tertiary/aromatic N) is 2. The van der Waals surface area contributed by atoms with Crippen LogP contribution < -0.4 is 10.6 Å². The van der Waals surface area contributed by atoms with Crippen LogP contribution in [-0.4, -0.2) is 60.4 Å². The minimum absolute atomic E-state index is 0.141. The molecule has 0 aliphatic carbocycles. The molecule has 0 spiro atoms. The number of halogens is 4. The lowest BCUT2D eigenvalue weighted by molar-refractivity contribution is -0.137. The molecular weight excluding hydrogens is 444 g/mol. The van der Waals surface area contributed by atoms with Gasteiger partial charge in [0.1, 0.15) is 5.82 Å². The number of rotatable bonds is 5. The highest BCUT2D eigenvalue weighted by molar-refractivity contribution is 5.94. The molecule has 0 unspecified atom stereocenters. The molecule has 1 heterocycles. The quantitative estimate of drug-likeness (QED) is 0.665. The second kappa shape index (κ2) is 10.3. The van der Waals surface area contributed by atoms with Gasteiger partial charge in [-0.25, -0.2) is 9.18 Å². The normalized spacial score (nSPS) is 14.1. The molecule has 0 atom stereocenters. The lowest BCUT2D eigenvalue weighted by Gasteiger charge is -2.35. The van der Waals surface area contributed by atoms with E-state index in [-0.39, 0.29) is 56.6 Å². The van der Waals surface area contributed by atoms with Crippen LogP contribution in [0.4, 0.5) is 22.4 Å². The highest BCUT2D eigenvalue weighted by Gasteiger charge is 2.31. The molecule has 176 valence electrons. The Bertz CT molecular complexity index is 986.